The third-order valence-electron chi connectivity index (χ3n) is 3.86. The summed E-state index contributed by atoms with van der Waals surface area (Å²) in [4.78, 5) is 3.54. The van der Waals surface area contributed by atoms with E-state index >= 15 is 0 Å². The first kappa shape index (κ1) is 20.8. The van der Waals surface area contributed by atoms with Crippen molar-refractivity contribution in [2.24, 2.45) is 0 Å². The first-order valence-electron chi connectivity index (χ1n) is 8.17. The molecule has 6 nitrogen and oxygen atoms in total. The molecule has 152 valence electrons. The van der Waals surface area contributed by atoms with Crippen molar-refractivity contribution >= 4 is 27.3 Å². The summed E-state index contributed by atoms with van der Waals surface area (Å²) in [7, 11) is -2.54. The van der Waals surface area contributed by atoms with E-state index < -0.39 is 16.6 Å². The maximum atomic E-state index is 12.8. The molecule has 0 atom stereocenters. The highest BCUT2D eigenvalue weighted by Crippen LogP contribution is 2.35. The summed E-state index contributed by atoms with van der Waals surface area (Å²) in [6, 6.07) is 13.3. The van der Waals surface area contributed by atoms with E-state index in [1.54, 1.807) is 24.3 Å². The number of nitrogens with one attached hydrogen (secondary N) is 1. The quantitative estimate of drug-likeness (QED) is 0.533. The van der Waals surface area contributed by atoms with Crippen LogP contribution in [0.3, 0.4) is 0 Å². The predicted molar refractivity (Wildman–Crippen MR) is 105 cm³/mol. The Bertz CT molecular complexity index is 1110. The summed E-state index contributed by atoms with van der Waals surface area (Å²) in [6.07, 6.45) is 1.36. The molecule has 0 aliphatic carbocycles. The molecule has 0 radical (unpaired) electrons. The van der Waals surface area contributed by atoms with Crippen molar-refractivity contribution in [3.63, 3.8) is 0 Å². The second kappa shape index (κ2) is 8.62. The third-order valence-corrected chi connectivity index (χ3v) is 5.69. The van der Waals surface area contributed by atoms with Crippen molar-refractivity contribution in [3.8, 4) is 22.6 Å². The second-order valence-electron chi connectivity index (χ2n) is 5.72. The zero-order valence-electron chi connectivity index (χ0n) is 15.0. The van der Waals surface area contributed by atoms with Gasteiger partial charge in [0.05, 0.1) is 7.11 Å². The molecule has 1 heterocycles. The van der Waals surface area contributed by atoms with Gasteiger partial charge in [0.15, 0.2) is 0 Å². The average molecular weight is 441 g/mol. The van der Waals surface area contributed by atoms with Crippen molar-refractivity contribution in [3.05, 3.63) is 65.9 Å². The van der Waals surface area contributed by atoms with Gasteiger partial charge >= 0.3 is 6.61 Å². The van der Waals surface area contributed by atoms with Crippen LogP contribution in [0.2, 0.25) is 5.15 Å². The minimum Gasteiger partial charge on any atom is -0.497 e. The van der Waals surface area contributed by atoms with Gasteiger partial charge in [-0.05, 0) is 48.0 Å². The molecule has 0 amide bonds. The first-order chi connectivity index (χ1) is 13.8. The number of methoxy groups -OCH3 is 1. The Balaban J connectivity index is 2.01. The Morgan fingerprint density at radius 3 is 2.45 bits per heavy atom. The van der Waals surface area contributed by atoms with Gasteiger partial charge in [0.1, 0.15) is 21.5 Å². The van der Waals surface area contributed by atoms with Crippen molar-refractivity contribution in [2.75, 3.05) is 11.8 Å². The molecule has 3 rings (SSSR count). The monoisotopic (exact) mass is 440 g/mol. The normalized spacial score (nSPS) is 11.3. The number of anilines is 1. The number of halogens is 3. The maximum absolute atomic E-state index is 12.8. The van der Waals surface area contributed by atoms with Crippen LogP contribution < -0.4 is 14.2 Å². The standard InChI is InChI=1S/C19H15ClF2N2O4S/c1-27-14-7-4-12(5-8-14)15-11-13(6-9-16(15)28-19(21)22)24-29(25,26)17-3-2-10-23-18(17)20/h2-11,19,24H,1H3. The molecule has 0 spiro atoms. The maximum Gasteiger partial charge on any atom is 0.387 e. The van der Waals surface area contributed by atoms with E-state index in [1.807, 2.05) is 0 Å². The van der Waals surface area contributed by atoms with E-state index in [2.05, 4.69) is 14.4 Å². The van der Waals surface area contributed by atoms with Crippen LogP contribution >= 0.6 is 11.6 Å². The molecule has 0 aliphatic heterocycles. The number of hydrogen-bond donors (Lipinski definition) is 1. The van der Waals surface area contributed by atoms with Gasteiger partial charge in [0.25, 0.3) is 10.0 Å². The average Bonchev–Trinajstić information content (AvgIpc) is 2.69. The van der Waals surface area contributed by atoms with Crippen LogP contribution in [0.1, 0.15) is 0 Å². The van der Waals surface area contributed by atoms with Gasteiger partial charge in [-0.1, -0.05) is 23.7 Å². The van der Waals surface area contributed by atoms with E-state index in [9.17, 15) is 17.2 Å². The van der Waals surface area contributed by atoms with Crippen LogP contribution in [0.4, 0.5) is 14.5 Å². The number of alkyl halides is 2. The topological polar surface area (TPSA) is 77.5 Å². The molecule has 0 saturated carbocycles. The summed E-state index contributed by atoms with van der Waals surface area (Å²) in [5.74, 6) is 0.473. The minimum atomic E-state index is -4.04. The lowest BCUT2D eigenvalue weighted by molar-refractivity contribution is -0.0494. The molecule has 0 bridgehead atoms. The zero-order valence-corrected chi connectivity index (χ0v) is 16.5. The van der Waals surface area contributed by atoms with Gasteiger partial charge in [0.2, 0.25) is 0 Å². The Morgan fingerprint density at radius 1 is 1.10 bits per heavy atom. The molecule has 3 aromatic rings. The fourth-order valence-electron chi connectivity index (χ4n) is 2.57. The highest BCUT2D eigenvalue weighted by molar-refractivity contribution is 7.92. The Kier molecular flexibility index (Phi) is 6.19. The number of nitrogens with zero attached hydrogens (tertiary/aromatic N) is 1. The zero-order chi connectivity index (χ0) is 21.0. The van der Waals surface area contributed by atoms with Crippen LogP contribution in [-0.4, -0.2) is 27.1 Å². The molecule has 29 heavy (non-hydrogen) atoms. The molecule has 1 N–H and O–H groups in total. The summed E-state index contributed by atoms with van der Waals surface area (Å²) in [6.45, 7) is -3.04. The van der Waals surface area contributed by atoms with Crippen LogP contribution in [0, 0.1) is 0 Å². The minimum absolute atomic E-state index is 0.104. The second-order valence-corrected chi connectivity index (χ2v) is 7.72. The molecule has 2 aromatic carbocycles. The van der Waals surface area contributed by atoms with Crippen molar-refractivity contribution in [2.45, 2.75) is 11.5 Å². The van der Waals surface area contributed by atoms with Gasteiger partial charge in [-0.2, -0.15) is 8.78 Å². The van der Waals surface area contributed by atoms with E-state index in [0.29, 0.717) is 11.3 Å². The third kappa shape index (κ3) is 4.93. The largest absolute Gasteiger partial charge is 0.497 e. The van der Waals surface area contributed by atoms with Crippen molar-refractivity contribution in [1.82, 2.24) is 4.98 Å². The van der Waals surface area contributed by atoms with Crippen LogP contribution in [0.25, 0.3) is 11.1 Å². The SMILES string of the molecule is COc1ccc(-c2cc(NS(=O)(=O)c3cccnc3Cl)ccc2OC(F)F)cc1. The number of hydrogen-bond acceptors (Lipinski definition) is 5. The lowest BCUT2D eigenvalue weighted by atomic mass is 10.0. The lowest BCUT2D eigenvalue weighted by Gasteiger charge is -2.15. The number of rotatable bonds is 7. The molecule has 0 aliphatic rings. The highest BCUT2D eigenvalue weighted by atomic mass is 35.5. The van der Waals surface area contributed by atoms with Crippen LogP contribution in [-0.2, 0) is 10.0 Å². The van der Waals surface area contributed by atoms with E-state index in [1.165, 1.54) is 43.6 Å². The summed E-state index contributed by atoms with van der Waals surface area (Å²) in [5.41, 5.74) is 0.935. The number of benzene rings is 2. The van der Waals surface area contributed by atoms with Crippen LogP contribution in [0.5, 0.6) is 11.5 Å². The fourth-order valence-corrected chi connectivity index (χ4v) is 4.07. The number of pyridine rings is 1. The number of ether oxygens (including phenoxy) is 2. The van der Waals surface area contributed by atoms with E-state index in [4.69, 9.17) is 16.3 Å². The predicted octanol–water partition coefficient (Wildman–Crippen LogP) is 4.81. The van der Waals surface area contributed by atoms with Crippen molar-refractivity contribution < 1.29 is 26.7 Å². The Morgan fingerprint density at radius 2 is 1.83 bits per heavy atom. The van der Waals surface area contributed by atoms with Gasteiger partial charge in [-0.25, -0.2) is 13.4 Å². The van der Waals surface area contributed by atoms with Crippen LogP contribution in [0.15, 0.2) is 65.7 Å². The molecule has 0 fully saturated rings. The number of aromatic nitrogens is 1. The van der Waals surface area contributed by atoms with Gasteiger partial charge < -0.3 is 9.47 Å². The lowest BCUT2D eigenvalue weighted by Crippen LogP contribution is -2.14. The molecular weight excluding hydrogens is 426 g/mol. The molecule has 0 saturated heterocycles. The summed E-state index contributed by atoms with van der Waals surface area (Å²) in [5, 5.41) is -0.187. The summed E-state index contributed by atoms with van der Waals surface area (Å²) < 4.78 is 62.8. The van der Waals surface area contributed by atoms with E-state index in [0.717, 1.165) is 0 Å². The van der Waals surface area contributed by atoms with Gasteiger partial charge in [0, 0.05) is 17.4 Å². The first-order valence-corrected chi connectivity index (χ1v) is 10.0. The highest BCUT2D eigenvalue weighted by Gasteiger charge is 2.20. The molecule has 10 heteroatoms. The Labute approximate surface area is 171 Å². The Hall–Kier alpha value is -2.91. The fraction of sp³-hybridized carbons (Fsp3) is 0.105. The smallest absolute Gasteiger partial charge is 0.387 e. The molecule has 1 aromatic heterocycles. The van der Waals surface area contributed by atoms with E-state index in [-0.39, 0.29) is 27.0 Å². The van der Waals surface area contributed by atoms with Gasteiger partial charge in [-0.15, -0.1) is 0 Å². The van der Waals surface area contributed by atoms with Crippen molar-refractivity contribution in [1.29, 1.82) is 0 Å². The van der Waals surface area contributed by atoms with Gasteiger partial charge in [-0.3, -0.25) is 4.72 Å². The molecular formula is C19H15ClF2N2O4S. The number of sulfonamides is 1. The molecule has 0 unspecified atom stereocenters. The summed E-state index contributed by atoms with van der Waals surface area (Å²) >= 11 is 5.87.